The van der Waals surface area contributed by atoms with Crippen LogP contribution in [0.15, 0.2) is 30.4 Å². The number of rotatable bonds is 1. The molecule has 1 heterocycles. The van der Waals surface area contributed by atoms with E-state index in [1.165, 1.54) is 0 Å². The first kappa shape index (κ1) is 10.7. The number of aromatic nitrogens is 2. The second-order valence-corrected chi connectivity index (χ2v) is 4.26. The molecule has 2 atom stereocenters. The molecular weight excluding hydrogens is 231 g/mol. The molecule has 2 nitrogen and oxygen atoms in total. The van der Waals surface area contributed by atoms with Crippen molar-refractivity contribution >= 4 is 23.2 Å². The Labute approximate surface area is 98.6 Å². The van der Waals surface area contributed by atoms with Crippen molar-refractivity contribution < 1.29 is 0 Å². The Kier molecular flexibility index (Phi) is 3.08. The van der Waals surface area contributed by atoms with Crippen LogP contribution in [-0.2, 0) is 0 Å². The van der Waals surface area contributed by atoms with E-state index in [-0.39, 0.29) is 11.2 Å². The van der Waals surface area contributed by atoms with Gasteiger partial charge in [0.05, 0.1) is 5.69 Å². The van der Waals surface area contributed by atoms with Gasteiger partial charge in [0.1, 0.15) is 5.15 Å². The van der Waals surface area contributed by atoms with Crippen LogP contribution < -0.4 is 0 Å². The number of halogens is 2. The molecule has 15 heavy (non-hydrogen) atoms. The molecule has 0 N–H and O–H groups in total. The molecule has 78 valence electrons. The third-order valence-electron chi connectivity index (χ3n) is 2.44. The maximum absolute atomic E-state index is 5.84. The molecule has 0 amide bonds. The van der Waals surface area contributed by atoms with Gasteiger partial charge in [-0.3, -0.25) is 0 Å². The van der Waals surface area contributed by atoms with Gasteiger partial charge in [0.2, 0.25) is 5.28 Å². The number of hydrogen-bond donors (Lipinski definition) is 0. The molecule has 2 unspecified atom stereocenters. The largest absolute Gasteiger partial charge is 0.224 e. The summed E-state index contributed by atoms with van der Waals surface area (Å²) in [6, 6.07) is 1.76. The van der Waals surface area contributed by atoms with Gasteiger partial charge in [0, 0.05) is 5.92 Å². The second kappa shape index (κ2) is 4.33. The number of allylic oxidation sites excluding steroid dienone is 4. The minimum Gasteiger partial charge on any atom is -0.222 e. The fraction of sp³-hybridized carbons (Fsp3) is 0.273. The van der Waals surface area contributed by atoms with Crippen molar-refractivity contribution in [1.29, 1.82) is 0 Å². The third-order valence-corrected chi connectivity index (χ3v) is 2.80. The normalized spacial score (nSPS) is 24.5. The average Bonchev–Trinajstić information content (AvgIpc) is 2.16. The van der Waals surface area contributed by atoms with E-state index in [2.05, 4.69) is 29.0 Å². The number of hydrogen-bond acceptors (Lipinski definition) is 2. The van der Waals surface area contributed by atoms with Gasteiger partial charge in [0.25, 0.3) is 0 Å². The topological polar surface area (TPSA) is 25.8 Å². The van der Waals surface area contributed by atoms with E-state index in [4.69, 9.17) is 23.2 Å². The zero-order valence-corrected chi connectivity index (χ0v) is 9.70. The maximum Gasteiger partial charge on any atom is 0.224 e. The molecule has 0 bridgehead atoms. The van der Waals surface area contributed by atoms with Crippen LogP contribution in [0.2, 0.25) is 10.4 Å². The second-order valence-electron chi connectivity index (χ2n) is 3.54. The van der Waals surface area contributed by atoms with Gasteiger partial charge < -0.3 is 0 Å². The average molecular weight is 241 g/mol. The monoisotopic (exact) mass is 240 g/mol. The highest BCUT2D eigenvalue weighted by molar-refractivity contribution is 6.31. The molecule has 0 aliphatic heterocycles. The van der Waals surface area contributed by atoms with Gasteiger partial charge in [-0.1, -0.05) is 42.8 Å². The van der Waals surface area contributed by atoms with E-state index in [0.717, 1.165) is 5.69 Å². The van der Waals surface area contributed by atoms with Crippen LogP contribution in [0, 0.1) is 5.92 Å². The lowest BCUT2D eigenvalue weighted by atomic mass is 9.87. The summed E-state index contributed by atoms with van der Waals surface area (Å²) in [5, 5.41) is 0.591. The SMILES string of the molecule is CC1C=CC=CC1c1cc(Cl)nc(Cl)n1. The lowest BCUT2D eigenvalue weighted by molar-refractivity contribution is 0.618. The third kappa shape index (κ3) is 2.39. The molecule has 0 spiro atoms. The summed E-state index contributed by atoms with van der Waals surface area (Å²) in [6.07, 6.45) is 8.27. The highest BCUT2D eigenvalue weighted by Gasteiger charge is 2.18. The van der Waals surface area contributed by atoms with Crippen LogP contribution in [0.3, 0.4) is 0 Å². The van der Waals surface area contributed by atoms with Crippen molar-refractivity contribution in [2.75, 3.05) is 0 Å². The highest BCUT2D eigenvalue weighted by atomic mass is 35.5. The fourth-order valence-corrected chi connectivity index (χ4v) is 2.09. The van der Waals surface area contributed by atoms with Gasteiger partial charge >= 0.3 is 0 Å². The van der Waals surface area contributed by atoms with Crippen molar-refractivity contribution in [3.63, 3.8) is 0 Å². The van der Waals surface area contributed by atoms with Gasteiger partial charge in [-0.15, -0.1) is 0 Å². The fourth-order valence-electron chi connectivity index (χ4n) is 1.66. The highest BCUT2D eigenvalue weighted by Crippen LogP contribution is 2.29. The summed E-state index contributed by atoms with van der Waals surface area (Å²) in [5.41, 5.74) is 0.869. The molecule has 1 aromatic rings. The minimum absolute atomic E-state index is 0.202. The van der Waals surface area contributed by atoms with Crippen molar-refractivity contribution in [3.8, 4) is 0 Å². The maximum atomic E-state index is 5.84. The van der Waals surface area contributed by atoms with Gasteiger partial charge in [0.15, 0.2) is 0 Å². The standard InChI is InChI=1S/C11H10Cl2N2/c1-7-4-2-3-5-8(7)9-6-10(12)15-11(13)14-9/h2-8H,1H3. The predicted molar refractivity (Wildman–Crippen MR) is 62.2 cm³/mol. The van der Waals surface area contributed by atoms with Crippen molar-refractivity contribution in [1.82, 2.24) is 9.97 Å². The summed E-state index contributed by atoms with van der Waals surface area (Å²) >= 11 is 11.6. The molecule has 0 aromatic carbocycles. The quantitative estimate of drug-likeness (QED) is 0.554. The molecule has 1 aliphatic rings. The molecule has 4 heteroatoms. The lowest BCUT2D eigenvalue weighted by Gasteiger charge is -2.19. The predicted octanol–water partition coefficient (Wildman–Crippen LogP) is 3.63. The first-order valence-corrected chi connectivity index (χ1v) is 5.47. The Hall–Kier alpha value is -0.860. The van der Waals surface area contributed by atoms with Gasteiger partial charge in [-0.05, 0) is 23.6 Å². The summed E-state index contributed by atoms with van der Waals surface area (Å²) in [4.78, 5) is 8.02. The van der Waals surface area contributed by atoms with E-state index in [0.29, 0.717) is 11.1 Å². The Morgan fingerprint density at radius 2 is 1.87 bits per heavy atom. The van der Waals surface area contributed by atoms with Gasteiger partial charge in [-0.25, -0.2) is 9.97 Å². The molecular formula is C11H10Cl2N2. The summed E-state index contributed by atoms with van der Waals surface area (Å²) in [6.45, 7) is 2.13. The van der Waals surface area contributed by atoms with E-state index >= 15 is 0 Å². The van der Waals surface area contributed by atoms with Gasteiger partial charge in [-0.2, -0.15) is 0 Å². The smallest absolute Gasteiger partial charge is 0.222 e. The zero-order valence-electron chi connectivity index (χ0n) is 8.19. The number of nitrogens with zero attached hydrogens (tertiary/aromatic N) is 2. The van der Waals surface area contributed by atoms with E-state index in [1.54, 1.807) is 6.07 Å². The van der Waals surface area contributed by atoms with Crippen LogP contribution >= 0.6 is 23.2 Å². The summed E-state index contributed by atoms with van der Waals surface area (Å²) in [7, 11) is 0. The van der Waals surface area contributed by atoms with Crippen molar-refractivity contribution in [2.24, 2.45) is 5.92 Å². The minimum atomic E-state index is 0.202. The van der Waals surface area contributed by atoms with Crippen LogP contribution in [-0.4, -0.2) is 9.97 Å². The Bertz CT molecular complexity index is 406. The molecule has 0 saturated carbocycles. The Morgan fingerprint density at radius 1 is 1.13 bits per heavy atom. The van der Waals surface area contributed by atoms with E-state index in [9.17, 15) is 0 Å². The molecule has 0 fully saturated rings. The van der Waals surface area contributed by atoms with Crippen molar-refractivity contribution in [2.45, 2.75) is 12.8 Å². The Balaban J connectivity index is 2.37. The first-order chi connectivity index (χ1) is 7.16. The summed E-state index contributed by atoms with van der Waals surface area (Å²) in [5.74, 6) is 0.630. The molecule has 0 saturated heterocycles. The van der Waals surface area contributed by atoms with Crippen LogP contribution in [0.4, 0.5) is 0 Å². The Morgan fingerprint density at radius 3 is 2.53 bits per heavy atom. The lowest BCUT2D eigenvalue weighted by Crippen LogP contribution is -2.09. The van der Waals surface area contributed by atoms with E-state index < -0.39 is 0 Å². The van der Waals surface area contributed by atoms with Crippen LogP contribution in [0.25, 0.3) is 0 Å². The first-order valence-electron chi connectivity index (χ1n) is 4.72. The zero-order chi connectivity index (χ0) is 10.8. The summed E-state index contributed by atoms with van der Waals surface area (Å²) < 4.78 is 0. The van der Waals surface area contributed by atoms with Crippen LogP contribution in [0.5, 0.6) is 0 Å². The molecule has 1 aliphatic carbocycles. The van der Waals surface area contributed by atoms with E-state index in [1.807, 2.05) is 12.2 Å². The molecule has 0 radical (unpaired) electrons. The van der Waals surface area contributed by atoms with Crippen molar-refractivity contribution in [3.05, 3.63) is 46.5 Å². The molecule has 2 rings (SSSR count). The van der Waals surface area contributed by atoms with Crippen LogP contribution in [0.1, 0.15) is 18.5 Å². The molecule has 1 aromatic heterocycles.